The Kier molecular flexibility index (Phi) is 5.86. The number of nitrogens with zero attached hydrogens (tertiary/aromatic N) is 1. The number of hydrogen-bond donors (Lipinski definition) is 0. The molecule has 0 radical (unpaired) electrons. The summed E-state index contributed by atoms with van der Waals surface area (Å²) in [6.07, 6.45) is 1.80. The van der Waals surface area contributed by atoms with E-state index in [2.05, 4.69) is 4.74 Å². The van der Waals surface area contributed by atoms with E-state index in [1.807, 2.05) is 6.07 Å². The van der Waals surface area contributed by atoms with Crippen LogP contribution < -0.4 is 23.2 Å². The highest BCUT2D eigenvalue weighted by Gasteiger charge is 2.14. The fourth-order valence-electron chi connectivity index (χ4n) is 0.840. The van der Waals surface area contributed by atoms with Crippen molar-refractivity contribution in [2.45, 2.75) is 0 Å². The van der Waals surface area contributed by atoms with E-state index < -0.39 is 10.2 Å². The van der Waals surface area contributed by atoms with Gasteiger partial charge in [0.25, 0.3) is 5.69 Å². The zero-order valence-electron chi connectivity index (χ0n) is 8.58. The van der Waals surface area contributed by atoms with Crippen LogP contribution in [0.2, 0.25) is 0 Å². The van der Waals surface area contributed by atoms with Gasteiger partial charge in [-0.3, -0.25) is 0 Å². The molecule has 8 heteroatoms. The molecule has 7 nitrogen and oxygen atoms in total. The van der Waals surface area contributed by atoms with Crippen molar-refractivity contribution in [3.05, 3.63) is 30.1 Å². The van der Waals surface area contributed by atoms with Crippen LogP contribution >= 0.6 is 0 Å². The largest absolute Gasteiger partial charge is 0.461 e. The smallest absolute Gasteiger partial charge is 0.403 e. The number of aryl methyl sites for hydroxylation is 1. The molecule has 16 heavy (non-hydrogen) atoms. The molecule has 0 saturated carbocycles. The van der Waals surface area contributed by atoms with Crippen LogP contribution in [0.5, 0.6) is 0 Å². The molecular weight excluding hydrogens is 242 g/mol. The maximum atomic E-state index is 11.0. The Morgan fingerprint density at radius 2 is 1.81 bits per heavy atom. The number of aromatic nitrogens is 1. The molecule has 0 unspecified atom stereocenters. The van der Waals surface area contributed by atoms with E-state index in [9.17, 15) is 4.79 Å². The van der Waals surface area contributed by atoms with Gasteiger partial charge in [-0.05, 0) is 6.07 Å². The van der Waals surface area contributed by atoms with Gasteiger partial charge in [-0.15, -0.1) is 10.2 Å². The van der Waals surface area contributed by atoms with Gasteiger partial charge < -0.3 is 4.74 Å². The molecule has 0 amide bonds. The molecule has 0 N–H and O–H groups in total. The van der Waals surface area contributed by atoms with Crippen molar-refractivity contribution >= 4 is 5.97 Å². The summed E-state index contributed by atoms with van der Waals surface area (Å²) in [5, 5.41) is 0. The zero-order chi connectivity index (χ0) is 12.8. The molecule has 0 saturated heterocycles. The number of pyridine rings is 1. The lowest BCUT2D eigenvalue weighted by Gasteiger charge is -2.17. The first kappa shape index (κ1) is 14.8. The van der Waals surface area contributed by atoms with Gasteiger partial charge in [0.15, 0.2) is 6.20 Å². The van der Waals surface area contributed by atoms with Gasteiger partial charge in [-0.1, -0.05) is 0 Å². The highest BCUT2D eigenvalue weighted by atomic mass is 35.7. The van der Waals surface area contributed by atoms with Crippen molar-refractivity contribution in [3.8, 4) is 0 Å². The lowest BCUT2D eigenvalue weighted by molar-refractivity contribution is -2.00. The highest BCUT2D eigenvalue weighted by Crippen LogP contribution is 1.91. The van der Waals surface area contributed by atoms with Crippen molar-refractivity contribution in [2.24, 2.45) is 7.05 Å². The number of rotatable bonds is 1. The summed E-state index contributed by atoms with van der Waals surface area (Å²) in [5.41, 5.74) is 0.551. The van der Waals surface area contributed by atoms with E-state index in [4.69, 9.17) is 18.6 Å². The first-order chi connectivity index (χ1) is 7.25. The number of halogens is 1. The van der Waals surface area contributed by atoms with Gasteiger partial charge in [-0.2, -0.15) is 4.57 Å². The summed E-state index contributed by atoms with van der Waals surface area (Å²) in [7, 11) is -1.78. The first-order valence-electron chi connectivity index (χ1n) is 3.90. The Morgan fingerprint density at radius 3 is 2.19 bits per heavy atom. The predicted molar refractivity (Wildman–Crippen MR) is 39.0 cm³/mol. The van der Waals surface area contributed by atoms with Crippen molar-refractivity contribution in [3.63, 3.8) is 0 Å². The predicted octanol–water partition coefficient (Wildman–Crippen LogP) is -4.46. The molecule has 1 aromatic rings. The summed E-state index contributed by atoms with van der Waals surface area (Å²) in [6, 6.07) is 5.37. The highest BCUT2D eigenvalue weighted by molar-refractivity contribution is 5.85. The minimum absolute atomic E-state index is 0.312. The summed E-state index contributed by atoms with van der Waals surface area (Å²) >= 11 is 0. The second-order valence-corrected chi connectivity index (χ2v) is 3.32. The van der Waals surface area contributed by atoms with Crippen molar-refractivity contribution < 1.29 is 43.0 Å². The number of methoxy groups -OCH3 is 1. The van der Waals surface area contributed by atoms with E-state index in [0.29, 0.717) is 5.69 Å². The molecule has 90 valence electrons. The molecule has 1 rings (SSSR count). The van der Waals surface area contributed by atoms with Gasteiger partial charge >= 0.3 is 5.97 Å². The van der Waals surface area contributed by atoms with Gasteiger partial charge in [0.05, 0.1) is 7.11 Å². The van der Waals surface area contributed by atoms with Crippen LogP contribution in [0.25, 0.3) is 0 Å². The molecule has 0 fully saturated rings. The van der Waals surface area contributed by atoms with Crippen LogP contribution in [0.4, 0.5) is 0 Å². The van der Waals surface area contributed by atoms with Crippen LogP contribution in [0.15, 0.2) is 24.4 Å². The molecular formula is C8H10ClNO6. The Labute approximate surface area is 93.9 Å². The number of ether oxygens (including phenoxy) is 1. The minimum atomic E-state index is -4.94. The molecule has 0 bridgehead atoms. The average molecular weight is 252 g/mol. The molecule has 0 aliphatic carbocycles. The van der Waals surface area contributed by atoms with Gasteiger partial charge in [0, 0.05) is 12.1 Å². The Bertz CT molecular complexity index is 345. The van der Waals surface area contributed by atoms with Crippen LogP contribution in [0.1, 0.15) is 10.5 Å². The zero-order valence-corrected chi connectivity index (χ0v) is 9.34. The maximum absolute atomic E-state index is 11.0. The van der Waals surface area contributed by atoms with Crippen LogP contribution in [-0.2, 0) is 11.8 Å². The normalized spacial score (nSPS) is 10.1. The Balaban J connectivity index is 0.000000385. The van der Waals surface area contributed by atoms with Gasteiger partial charge in [-0.25, -0.2) is 23.4 Å². The number of carbonyl (C=O) groups excluding carboxylic acids is 1. The van der Waals surface area contributed by atoms with Gasteiger partial charge in [0.1, 0.15) is 7.05 Å². The quantitative estimate of drug-likeness (QED) is 0.366. The minimum Gasteiger partial charge on any atom is -0.461 e. The third kappa shape index (κ3) is 7.10. The molecule has 1 aromatic heterocycles. The monoisotopic (exact) mass is 251 g/mol. The summed E-state index contributed by atoms with van der Waals surface area (Å²) in [6.45, 7) is 0. The van der Waals surface area contributed by atoms with Crippen LogP contribution in [0.3, 0.4) is 0 Å². The van der Waals surface area contributed by atoms with Crippen molar-refractivity contribution in [1.82, 2.24) is 0 Å². The summed E-state index contributed by atoms with van der Waals surface area (Å²) < 4.78 is 40.2. The Hall–Kier alpha value is -1.25. The van der Waals surface area contributed by atoms with Crippen molar-refractivity contribution in [1.29, 1.82) is 0 Å². The maximum Gasteiger partial charge on any atom is 0.403 e. The average Bonchev–Trinajstić information content (AvgIpc) is 2.15. The fourth-order valence-corrected chi connectivity index (χ4v) is 0.840. The Morgan fingerprint density at radius 1 is 1.31 bits per heavy atom. The van der Waals surface area contributed by atoms with E-state index in [-0.39, 0.29) is 5.97 Å². The number of esters is 1. The van der Waals surface area contributed by atoms with E-state index in [1.165, 1.54) is 7.11 Å². The van der Waals surface area contributed by atoms with Crippen LogP contribution in [-0.4, -0.2) is 13.1 Å². The topological polar surface area (TPSA) is 122 Å². The van der Waals surface area contributed by atoms with Crippen molar-refractivity contribution in [2.75, 3.05) is 7.11 Å². The van der Waals surface area contributed by atoms with E-state index in [1.54, 1.807) is 29.9 Å². The molecule has 0 atom stereocenters. The fraction of sp³-hybridized carbons (Fsp3) is 0.250. The van der Waals surface area contributed by atoms with E-state index >= 15 is 0 Å². The summed E-state index contributed by atoms with van der Waals surface area (Å²) in [4.78, 5) is 11.0. The summed E-state index contributed by atoms with van der Waals surface area (Å²) in [5.74, 6) is -0.312. The molecule has 0 aromatic carbocycles. The molecule has 0 aliphatic rings. The third-order valence-corrected chi connectivity index (χ3v) is 1.45. The second-order valence-electron chi connectivity index (χ2n) is 2.57. The molecule has 1 heterocycles. The number of hydrogen-bond acceptors (Lipinski definition) is 6. The lowest BCUT2D eigenvalue weighted by Crippen LogP contribution is -2.68. The third-order valence-electron chi connectivity index (χ3n) is 1.45. The molecule has 0 aliphatic heterocycles. The van der Waals surface area contributed by atoms with Crippen LogP contribution in [0, 0.1) is 10.2 Å². The van der Waals surface area contributed by atoms with Gasteiger partial charge in [0.2, 0.25) is 0 Å². The lowest BCUT2D eigenvalue weighted by atomic mass is 10.3. The number of carbonyl (C=O) groups is 1. The van der Waals surface area contributed by atoms with E-state index in [0.717, 1.165) is 0 Å². The molecule has 0 spiro atoms. The SMILES string of the molecule is COC(=O)c1cccc[n+]1C.[O-][Cl+3]([O-])([O-])[O-]. The standard InChI is InChI=1S/C8H10NO2.ClHO4/c1-9-6-4-3-5-7(9)8(10)11-2;2-1(3,4)5/h3-6H,1-2H3;(H,2,3,4,5)/q+1;/p-1. The second kappa shape index (κ2) is 6.36. The first-order valence-corrected chi connectivity index (χ1v) is 5.14.